The molecular formula is C24H31N5O2. The van der Waals surface area contributed by atoms with Gasteiger partial charge in [-0.3, -0.25) is 4.68 Å². The summed E-state index contributed by atoms with van der Waals surface area (Å²) in [6.07, 6.45) is 4.79. The third kappa shape index (κ3) is 8.04. The molecule has 2 N–H and O–H groups in total. The molecule has 31 heavy (non-hydrogen) atoms. The number of guanidine groups is 1. The molecule has 0 saturated heterocycles. The van der Waals surface area contributed by atoms with Crippen LogP contribution in [0, 0.1) is 0 Å². The van der Waals surface area contributed by atoms with Crippen molar-refractivity contribution in [1.82, 2.24) is 15.1 Å². The van der Waals surface area contributed by atoms with Crippen LogP contribution in [0.15, 0.2) is 72.0 Å². The second-order valence-corrected chi connectivity index (χ2v) is 7.44. The first kappa shape index (κ1) is 22.2. The summed E-state index contributed by atoms with van der Waals surface area (Å²) in [6, 6.07) is 17.7. The van der Waals surface area contributed by atoms with Gasteiger partial charge >= 0.3 is 0 Å². The van der Waals surface area contributed by atoms with E-state index in [2.05, 4.69) is 15.7 Å². The quantitative estimate of drug-likeness (QED) is 0.291. The molecule has 0 aliphatic heterocycles. The first-order chi connectivity index (χ1) is 15.1. The summed E-state index contributed by atoms with van der Waals surface area (Å²) in [4.78, 5) is 4.70. The molecule has 3 rings (SSSR count). The van der Waals surface area contributed by atoms with Crippen molar-refractivity contribution >= 4 is 11.6 Å². The normalized spacial score (nSPS) is 11.4. The van der Waals surface area contributed by atoms with Crippen molar-refractivity contribution in [2.75, 3.05) is 18.5 Å². The van der Waals surface area contributed by atoms with E-state index in [9.17, 15) is 0 Å². The topological polar surface area (TPSA) is 72.7 Å². The zero-order chi connectivity index (χ0) is 21.9. The van der Waals surface area contributed by atoms with Gasteiger partial charge in [0.15, 0.2) is 5.96 Å². The van der Waals surface area contributed by atoms with E-state index in [0.29, 0.717) is 19.1 Å². The van der Waals surface area contributed by atoms with Gasteiger partial charge in [-0.25, -0.2) is 4.99 Å². The van der Waals surface area contributed by atoms with E-state index in [1.807, 2.05) is 87.9 Å². The fourth-order valence-electron chi connectivity index (χ4n) is 2.87. The fourth-order valence-corrected chi connectivity index (χ4v) is 2.87. The third-order valence-corrected chi connectivity index (χ3v) is 4.29. The van der Waals surface area contributed by atoms with Crippen molar-refractivity contribution in [3.05, 3.63) is 72.6 Å². The molecule has 0 radical (unpaired) electrons. The number of aliphatic imine (C=N–C) groups is 1. The van der Waals surface area contributed by atoms with Crippen molar-refractivity contribution < 1.29 is 9.47 Å². The molecule has 7 nitrogen and oxygen atoms in total. The van der Waals surface area contributed by atoms with Crippen LogP contribution < -0.4 is 20.1 Å². The molecule has 0 aliphatic rings. The summed E-state index contributed by atoms with van der Waals surface area (Å²) in [7, 11) is 1.90. The van der Waals surface area contributed by atoms with Crippen molar-refractivity contribution in [3.63, 3.8) is 0 Å². The Bertz CT molecular complexity index is 936. The largest absolute Gasteiger partial charge is 0.494 e. The second kappa shape index (κ2) is 11.6. The van der Waals surface area contributed by atoms with Gasteiger partial charge in [0.2, 0.25) is 0 Å². The van der Waals surface area contributed by atoms with Crippen LogP contribution in [0.4, 0.5) is 5.69 Å². The molecule has 0 unspecified atom stereocenters. The van der Waals surface area contributed by atoms with Crippen LogP contribution >= 0.6 is 0 Å². The predicted octanol–water partition coefficient (Wildman–Crippen LogP) is 4.23. The number of rotatable bonds is 10. The second-order valence-electron chi connectivity index (χ2n) is 7.44. The number of hydrogen-bond acceptors (Lipinski definition) is 4. The summed E-state index contributed by atoms with van der Waals surface area (Å²) >= 11 is 0. The Morgan fingerprint density at radius 1 is 1.06 bits per heavy atom. The lowest BCUT2D eigenvalue weighted by atomic mass is 10.3. The van der Waals surface area contributed by atoms with Gasteiger partial charge in [-0.15, -0.1) is 0 Å². The van der Waals surface area contributed by atoms with Gasteiger partial charge in [0.05, 0.1) is 25.5 Å². The molecule has 1 heterocycles. The maximum absolute atomic E-state index is 5.76. The lowest BCUT2D eigenvalue weighted by Gasteiger charge is -2.14. The van der Waals surface area contributed by atoms with E-state index in [1.165, 1.54) is 0 Å². The monoisotopic (exact) mass is 421 g/mol. The van der Waals surface area contributed by atoms with Gasteiger partial charge in [0.25, 0.3) is 0 Å². The van der Waals surface area contributed by atoms with Gasteiger partial charge in [0.1, 0.15) is 11.5 Å². The van der Waals surface area contributed by atoms with Crippen LogP contribution in [0.3, 0.4) is 0 Å². The minimum absolute atomic E-state index is 0.148. The molecule has 0 atom stereocenters. The molecule has 3 aromatic rings. The summed E-state index contributed by atoms with van der Waals surface area (Å²) < 4.78 is 13.2. The van der Waals surface area contributed by atoms with Crippen LogP contribution in [-0.4, -0.2) is 35.0 Å². The van der Waals surface area contributed by atoms with Crippen LogP contribution in [0.25, 0.3) is 0 Å². The van der Waals surface area contributed by atoms with Crippen molar-refractivity contribution in [2.45, 2.75) is 32.9 Å². The summed E-state index contributed by atoms with van der Waals surface area (Å²) in [5, 5.41) is 10.9. The zero-order valence-electron chi connectivity index (χ0n) is 18.4. The molecule has 7 heteroatoms. The molecule has 0 saturated carbocycles. The van der Waals surface area contributed by atoms with Gasteiger partial charge in [0, 0.05) is 31.0 Å². The van der Waals surface area contributed by atoms with Crippen molar-refractivity contribution in [2.24, 2.45) is 12.0 Å². The number of benzene rings is 2. The lowest BCUT2D eigenvalue weighted by Crippen LogP contribution is -2.32. The molecule has 0 spiro atoms. The minimum Gasteiger partial charge on any atom is -0.494 e. The Morgan fingerprint density at radius 3 is 2.52 bits per heavy atom. The van der Waals surface area contributed by atoms with E-state index in [0.717, 1.165) is 35.7 Å². The zero-order valence-corrected chi connectivity index (χ0v) is 18.4. The molecule has 1 aromatic heterocycles. The highest BCUT2D eigenvalue weighted by molar-refractivity contribution is 5.93. The van der Waals surface area contributed by atoms with Gasteiger partial charge in [-0.2, -0.15) is 5.10 Å². The van der Waals surface area contributed by atoms with E-state index in [1.54, 1.807) is 4.68 Å². The van der Waals surface area contributed by atoms with E-state index in [-0.39, 0.29) is 6.10 Å². The Labute approximate surface area is 184 Å². The van der Waals surface area contributed by atoms with E-state index in [4.69, 9.17) is 14.5 Å². The Morgan fingerprint density at radius 2 is 1.84 bits per heavy atom. The van der Waals surface area contributed by atoms with Crippen LogP contribution in [0.1, 0.15) is 25.8 Å². The fraction of sp³-hybridized carbons (Fsp3) is 0.333. The summed E-state index contributed by atoms with van der Waals surface area (Å²) in [6.45, 7) is 5.94. The predicted molar refractivity (Wildman–Crippen MR) is 125 cm³/mol. The van der Waals surface area contributed by atoms with Crippen LogP contribution in [0.5, 0.6) is 11.5 Å². The van der Waals surface area contributed by atoms with Crippen molar-refractivity contribution in [1.29, 1.82) is 0 Å². The van der Waals surface area contributed by atoms with Crippen molar-refractivity contribution in [3.8, 4) is 11.5 Å². The Hall–Kier alpha value is -3.48. The summed E-state index contributed by atoms with van der Waals surface area (Å²) in [5.74, 6) is 2.44. The van der Waals surface area contributed by atoms with Crippen LogP contribution in [0.2, 0.25) is 0 Å². The SMILES string of the molecule is CC(C)Oc1ccc(NC(=NCc2cnn(C)c2)NCCCOc2ccccc2)cc1. The Balaban J connectivity index is 1.55. The number of aryl methyl sites for hydroxylation is 1. The molecule has 0 fully saturated rings. The number of nitrogens with zero attached hydrogens (tertiary/aromatic N) is 3. The average molecular weight is 422 g/mol. The van der Waals surface area contributed by atoms with E-state index >= 15 is 0 Å². The van der Waals surface area contributed by atoms with Gasteiger partial charge in [-0.1, -0.05) is 18.2 Å². The average Bonchev–Trinajstić information content (AvgIpc) is 3.18. The third-order valence-electron chi connectivity index (χ3n) is 4.29. The smallest absolute Gasteiger partial charge is 0.196 e. The number of nitrogens with one attached hydrogen (secondary N) is 2. The first-order valence-corrected chi connectivity index (χ1v) is 10.6. The number of ether oxygens (including phenoxy) is 2. The number of para-hydroxylation sites is 1. The highest BCUT2D eigenvalue weighted by Crippen LogP contribution is 2.17. The lowest BCUT2D eigenvalue weighted by molar-refractivity contribution is 0.242. The molecule has 0 aliphatic carbocycles. The maximum atomic E-state index is 5.76. The van der Waals surface area contributed by atoms with Gasteiger partial charge < -0.3 is 20.1 Å². The molecule has 164 valence electrons. The molecule has 0 bridgehead atoms. The number of anilines is 1. The highest BCUT2D eigenvalue weighted by Gasteiger charge is 2.03. The number of aromatic nitrogens is 2. The maximum Gasteiger partial charge on any atom is 0.196 e. The van der Waals surface area contributed by atoms with E-state index < -0.39 is 0 Å². The highest BCUT2D eigenvalue weighted by atomic mass is 16.5. The standard InChI is InChI=1S/C24H31N5O2/c1-19(2)31-23-12-10-21(11-13-23)28-24(26-16-20-17-27-29(3)18-20)25-14-7-15-30-22-8-5-4-6-9-22/h4-6,8-13,17-19H,7,14-16H2,1-3H3,(H2,25,26,28). The molecule has 0 amide bonds. The minimum atomic E-state index is 0.148. The van der Waals surface area contributed by atoms with Crippen LogP contribution in [-0.2, 0) is 13.6 Å². The summed E-state index contributed by atoms with van der Waals surface area (Å²) in [5.41, 5.74) is 1.99. The number of hydrogen-bond donors (Lipinski definition) is 2. The molecular weight excluding hydrogens is 390 g/mol. The van der Waals surface area contributed by atoms with Gasteiger partial charge in [-0.05, 0) is 56.7 Å². The Kier molecular flexibility index (Phi) is 8.34. The first-order valence-electron chi connectivity index (χ1n) is 10.6. The molecule has 2 aromatic carbocycles.